The second-order valence-electron chi connectivity index (χ2n) is 18.6. The van der Waals surface area contributed by atoms with E-state index in [0.29, 0.717) is 0 Å². The molecule has 11 aromatic rings. The number of hydrogen-bond donors (Lipinski definition) is 0. The zero-order chi connectivity index (χ0) is 42.0. The van der Waals surface area contributed by atoms with Crippen LogP contribution in [0.4, 0.5) is 17.1 Å². The Morgan fingerprint density at radius 1 is 0.254 bits per heavy atom. The first kappa shape index (κ1) is 36.0. The van der Waals surface area contributed by atoms with Gasteiger partial charge < -0.3 is 4.90 Å². The minimum absolute atomic E-state index is 0.0639. The normalized spacial score (nSPS) is 12.4. The third-order valence-electron chi connectivity index (χ3n) is 13.8. The van der Waals surface area contributed by atoms with Crippen molar-refractivity contribution in [3.05, 3.63) is 212 Å². The van der Waals surface area contributed by atoms with Gasteiger partial charge in [-0.1, -0.05) is 130 Å². The molecule has 0 aliphatic heterocycles. The lowest BCUT2D eigenvalue weighted by molar-refractivity contribution is 0.590. The minimum Gasteiger partial charge on any atom is -0.310 e. The van der Waals surface area contributed by atoms with E-state index in [2.05, 4.69) is 232 Å². The molecule has 0 bridgehead atoms. The Kier molecular flexibility index (Phi) is 7.64. The largest absolute Gasteiger partial charge is 0.310 e. The summed E-state index contributed by atoms with van der Waals surface area (Å²) in [4.78, 5) is 2.43. The molecule has 0 unspecified atom stereocenters. The lowest BCUT2D eigenvalue weighted by Gasteiger charge is -2.29. The topological polar surface area (TPSA) is 3.24 Å². The fourth-order valence-corrected chi connectivity index (χ4v) is 10.3. The van der Waals surface area contributed by atoms with Crippen molar-refractivity contribution in [1.29, 1.82) is 0 Å². The Bertz CT molecular complexity index is 3470. The van der Waals surface area contributed by atoms with Gasteiger partial charge in [-0.2, -0.15) is 0 Å². The highest BCUT2D eigenvalue weighted by molar-refractivity contribution is 6.14. The van der Waals surface area contributed by atoms with Crippen LogP contribution in [0.5, 0.6) is 0 Å². The molecule has 0 heterocycles. The van der Waals surface area contributed by atoms with Crippen molar-refractivity contribution < 1.29 is 0 Å². The van der Waals surface area contributed by atoms with Crippen molar-refractivity contribution in [3.8, 4) is 66.8 Å². The molecule has 296 valence electrons. The molecule has 1 nitrogen and oxygen atoms in total. The van der Waals surface area contributed by atoms with Gasteiger partial charge >= 0.3 is 0 Å². The number of anilines is 3. The van der Waals surface area contributed by atoms with Gasteiger partial charge in [0.25, 0.3) is 0 Å². The van der Waals surface area contributed by atoms with Crippen LogP contribution in [-0.2, 0) is 5.41 Å². The van der Waals surface area contributed by atoms with Crippen molar-refractivity contribution in [1.82, 2.24) is 0 Å². The fourth-order valence-electron chi connectivity index (χ4n) is 10.3. The fraction of sp³-hybridized carbons (Fsp3) is 0.0645. The van der Waals surface area contributed by atoms with Crippen LogP contribution in [0.25, 0.3) is 110 Å². The Labute approximate surface area is 368 Å². The summed E-state index contributed by atoms with van der Waals surface area (Å²) in [5, 5.41) is 10.1. The van der Waals surface area contributed by atoms with Crippen LogP contribution in [0.1, 0.15) is 26.3 Å². The first-order chi connectivity index (χ1) is 30.8. The molecule has 11 aromatic carbocycles. The zero-order valence-electron chi connectivity index (χ0n) is 35.6. The van der Waals surface area contributed by atoms with E-state index in [0.717, 1.165) is 17.1 Å². The summed E-state index contributed by atoms with van der Waals surface area (Å²) < 4.78 is 0. The van der Waals surface area contributed by atoms with Crippen LogP contribution < -0.4 is 4.90 Å². The molecule has 1 heteroatoms. The summed E-state index contributed by atoms with van der Waals surface area (Å²) in [5.41, 5.74) is 20.5. The lowest BCUT2D eigenvalue weighted by Crippen LogP contribution is -2.13. The van der Waals surface area contributed by atoms with Crippen molar-refractivity contribution in [2.45, 2.75) is 26.2 Å². The predicted octanol–water partition coefficient (Wildman–Crippen LogP) is 17.7. The van der Waals surface area contributed by atoms with E-state index in [-0.39, 0.29) is 5.41 Å². The van der Waals surface area contributed by atoms with Gasteiger partial charge in [0.05, 0.1) is 0 Å². The van der Waals surface area contributed by atoms with Gasteiger partial charge in [0.1, 0.15) is 0 Å². The van der Waals surface area contributed by atoms with E-state index in [9.17, 15) is 0 Å². The average Bonchev–Trinajstić information content (AvgIpc) is 3.32. The maximum Gasteiger partial charge on any atom is 0.0468 e. The highest BCUT2D eigenvalue weighted by Gasteiger charge is 2.26. The summed E-state index contributed by atoms with van der Waals surface area (Å²) in [7, 11) is 0. The molecule has 0 radical (unpaired) electrons. The first-order valence-corrected chi connectivity index (χ1v) is 22.1. The molecule has 2 aliphatic rings. The molecular formula is C62H43N. The van der Waals surface area contributed by atoms with Gasteiger partial charge in [-0.3, -0.25) is 0 Å². The van der Waals surface area contributed by atoms with E-state index in [1.165, 1.54) is 115 Å². The maximum atomic E-state index is 2.43. The Hall–Kier alpha value is -7.74. The van der Waals surface area contributed by atoms with Crippen LogP contribution in [0, 0.1) is 0 Å². The predicted molar refractivity (Wildman–Crippen MR) is 270 cm³/mol. The standard InChI is InChI=1S/C62H43N/c1-62(2,3)50-20-24-51(25-21-50)63(52-22-18-44-32-56-54-30-42-16-14-40(38-10-6-4-7-11-38)26-46(42)34-58(54)60(56)36-48(44)28-52)53-23-19-45-33-57-55-31-43-17-15-41(39-12-8-5-9-13-39)27-47(43)35-59(55)61(57)37-49(45)29-53/h4-37H,1-3H3. The van der Waals surface area contributed by atoms with Crippen LogP contribution >= 0.6 is 0 Å². The molecular weight excluding hydrogens is 759 g/mol. The van der Waals surface area contributed by atoms with Crippen molar-refractivity contribution in [3.63, 3.8) is 0 Å². The summed E-state index contributed by atoms with van der Waals surface area (Å²) in [6.45, 7) is 6.85. The Morgan fingerprint density at radius 3 is 0.937 bits per heavy atom. The molecule has 0 fully saturated rings. The first-order valence-electron chi connectivity index (χ1n) is 22.1. The molecule has 0 aromatic heterocycles. The van der Waals surface area contributed by atoms with Crippen molar-refractivity contribution >= 4 is 60.2 Å². The molecule has 0 amide bonds. The van der Waals surface area contributed by atoms with E-state index in [1.54, 1.807) is 0 Å². The van der Waals surface area contributed by atoms with E-state index in [1.807, 2.05) is 0 Å². The van der Waals surface area contributed by atoms with Gasteiger partial charge in [-0.15, -0.1) is 0 Å². The molecule has 0 atom stereocenters. The summed E-state index contributed by atoms with van der Waals surface area (Å²) >= 11 is 0. The zero-order valence-corrected chi connectivity index (χ0v) is 35.6. The van der Waals surface area contributed by atoms with Crippen LogP contribution in [0.15, 0.2) is 206 Å². The number of nitrogens with zero attached hydrogens (tertiary/aromatic N) is 1. The van der Waals surface area contributed by atoms with E-state index in [4.69, 9.17) is 0 Å². The molecule has 0 spiro atoms. The average molecular weight is 802 g/mol. The van der Waals surface area contributed by atoms with Crippen LogP contribution in [0.3, 0.4) is 0 Å². The number of rotatable bonds is 5. The summed E-state index contributed by atoms with van der Waals surface area (Å²) in [6.07, 6.45) is 0. The monoisotopic (exact) mass is 801 g/mol. The van der Waals surface area contributed by atoms with Gasteiger partial charge in [0.2, 0.25) is 0 Å². The van der Waals surface area contributed by atoms with Gasteiger partial charge in [0.15, 0.2) is 0 Å². The molecule has 0 saturated heterocycles. The summed E-state index contributed by atoms with van der Waals surface area (Å²) in [6, 6.07) is 77.3. The summed E-state index contributed by atoms with van der Waals surface area (Å²) in [5.74, 6) is 0. The third-order valence-corrected chi connectivity index (χ3v) is 13.8. The molecule has 13 rings (SSSR count). The van der Waals surface area contributed by atoms with Gasteiger partial charge in [-0.25, -0.2) is 0 Å². The highest BCUT2D eigenvalue weighted by Crippen LogP contribution is 2.53. The smallest absolute Gasteiger partial charge is 0.0468 e. The highest BCUT2D eigenvalue weighted by atomic mass is 15.1. The third kappa shape index (κ3) is 5.77. The lowest BCUT2D eigenvalue weighted by atomic mass is 9.77. The molecule has 63 heavy (non-hydrogen) atoms. The second kappa shape index (κ2) is 13.4. The van der Waals surface area contributed by atoms with E-state index >= 15 is 0 Å². The van der Waals surface area contributed by atoms with Crippen molar-refractivity contribution in [2.75, 3.05) is 4.90 Å². The molecule has 0 saturated carbocycles. The quantitative estimate of drug-likeness (QED) is 0.168. The van der Waals surface area contributed by atoms with Gasteiger partial charge in [0, 0.05) is 17.1 Å². The number of fused-ring (bicyclic) bond motifs is 12. The van der Waals surface area contributed by atoms with Crippen LogP contribution in [-0.4, -0.2) is 0 Å². The van der Waals surface area contributed by atoms with Crippen LogP contribution in [0.2, 0.25) is 0 Å². The SMILES string of the molecule is CC(C)(C)c1ccc(N(c2ccc3cc4c(cc3c2)-c2cc3cc(-c5ccccc5)ccc3cc2-4)c2ccc3cc4c(cc3c2)-c2cc3cc(-c5ccccc5)ccc3cc2-4)cc1. The maximum absolute atomic E-state index is 2.43. The second-order valence-corrected chi connectivity index (χ2v) is 18.6. The molecule has 2 aliphatic carbocycles. The minimum atomic E-state index is 0.0639. The number of hydrogen-bond acceptors (Lipinski definition) is 1. The Morgan fingerprint density at radius 2 is 0.571 bits per heavy atom. The number of benzene rings is 11. The van der Waals surface area contributed by atoms with Gasteiger partial charge in [-0.05, 0) is 218 Å². The van der Waals surface area contributed by atoms with Crippen molar-refractivity contribution in [2.24, 2.45) is 0 Å². The Balaban J connectivity index is 0.897. The molecule has 0 N–H and O–H groups in total. The van der Waals surface area contributed by atoms with E-state index < -0.39 is 0 Å².